The number of nitriles is 1. The van der Waals surface area contributed by atoms with Crippen molar-refractivity contribution in [1.29, 1.82) is 5.26 Å². The van der Waals surface area contributed by atoms with Crippen LogP contribution in [-0.4, -0.2) is 65.9 Å². The molecule has 1 aromatic rings. The van der Waals surface area contributed by atoms with E-state index in [9.17, 15) is 14.9 Å². The van der Waals surface area contributed by atoms with Crippen LogP contribution in [0.5, 0.6) is 0 Å². The van der Waals surface area contributed by atoms with Crippen LogP contribution in [0.2, 0.25) is 0 Å². The molecule has 31 heavy (non-hydrogen) atoms. The summed E-state index contributed by atoms with van der Waals surface area (Å²) in [7, 11) is 4.25. The molecular formula is C24H33N5O2. The molecule has 7 nitrogen and oxygen atoms in total. The number of rotatable bonds is 6. The lowest BCUT2D eigenvalue weighted by Crippen LogP contribution is -2.57. The molecule has 166 valence electrons. The van der Waals surface area contributed by atoms with Crippen molar-refractivity contribution >= 4 is 11.9 Å². The zero-order valence-corrected chi connectivity index (χ0v) is 18.6. The molecule has 2 saturated carbocycles. The quantitative estimate of drug-likeness (QED) is 0.761. The molecule has 1 spiro atoms. The molecule has 0 bridgehead atoms. The number of nitrogens with two attached hydrogens (primary N) is 1. The molecule has 1 aromatic carbocycles. The molecule has 0 radical (unpaired) electrons. The fraction of sp³-hybridized carbons (Fsp3) is 0.625. The Morgan fingerprint density at radius 1 is 1.13 bits per heavy atom. The van der Waals surface area contributed by atoms with E-state index >= 15 is 0 Å². The van der Waals surface area contributed by atoms with Crippen LogP contribution in [0.3, 0.4) is 0 Å². The van der Waals surface area contributed by atoms with E-state index in [1.54, 1.807) is 4.90 Å². The fourth-order valence-corrected chi connectivity index (χ4v) is 5.94. The number of hydrogen-bond donors (Lipinski definition) is 1. The average molecular weight is 424 g/mol. The highest BCUT2D eigenvalue weighted by atomic mass is 16.2. The second-order valence-corrected chi connectivity index (χ2v) is 9.95. The number of benzene rings is 1. The molecule has 0 atom stereocenters. The molecule has 0 aromatic heterocycles. The van der Waals surface area contributed by atoms with Gasteiger partial charge in [-0.15, -0.1) is 0 Å². The van der Waals surface area contributed by atoms with Crippen LogP contribution < -0.4 is 5.73 Å². The minimum absolute atomic E-state index is 0.0614. The zero-order valence-electron chi connectivity index (χ0n) is 18.6. The number of carbonyl (C=O) groups excluding carboxylic acids is 2. The third kappa shape index (κ3) is 3.57. The van der Waals surface area contributed by atoms with Gasteiger partial charge in [0.2, 0.25) is 5.91 Å². The van der Waals surface area contributed by atoms with Crippen molar-refractivity contribution in [2.45, 2.75) is 56.0 Å². The third-order valence-corrected chi connectivity index (χ3v) is 8.09. The topological polar surface area (TPSA) is 93.7 Å². The van der Waals surface area contributed by atoms with E-state index in [1.165, 1.54) is 5.56 Å². The van der Waals surface area contributed by atoms with Gasteiger partial charge in [-0.05, 0) is 58.2 Å². The highest BCUT2D eigenvalue weighted by Crippen LogP contribution is 2.51. The van der Waals surface area contributed by atoms with Crippen LogP contribution >= 0.6 is 0 Å². The first-order chi connectivity index (χ1) is 14.8. The second-order valence-electron chi connectivity index (χ2n) is 9.95. The smallest absolute Gasteiger partial charge is 0.321 e. The molecule has 2 aliphatic carbocycles. The summed E-state index contributed by atoms with van der Waals surface area (Å²) >= 11 is 0. The average Bonchev–Trinajstić information content (AvgIpc) is 2.96. The Kier molecular flexibility index (Phi) is 5.47. The van der Waals surface area contributed by atoms with Gasteiger partial charge in [-0.1, -0.05) is 36.8 Å². The lowest BCUT2D eigenvalue weighted by atomic mass is 9.66. The molecule has 1 heterocycles. The SMILES string of the molecule is CN(C)[C@]1(c2ccccc2)CC[C@]2(CC1)CN(CC(N)=O)C(=O)N2CC1(C#N)CCC1. The first-order valence-corrected chi connectivity index (χ1v) is 11.3. The number of urea groups is 1. The van der Waals surface area contributed by atoms with E-state index in [1.807, 2.05) is 11.0 Å². The molecule has 4 rings (SSSR count). The summed E-state index contributed by atoms with van der Waals surface area (Å²) in [5, 5.41) is 9.80. The van der Waals surface area contributed by atoms with E-state index in [4.69, 9.17) is 5.73 Å². The van der Waals surface area contributed by atoms with Gasteiger partial charge in [-0.3, -0.25) is 9.69 Å². The molecule has 1 saturated heterocycles. The van der Waals surface area contributed by atoms with Gasteiger partial charge in [0.1, 0.15) is 6.54 Å². The minimum Gasteiger partial charge on any atom is -0.368 e. The summed E-state index contributed by atoms with van der Waals surface area (Å²) in [5.41, 5.74) is 5.86. The van der Waals surface area contributed by atoms with Crippen molar-refractivity contribution in [2.24, 2.45) is 11.1 Å². The van der Waals surface area contributed by atoms with E-state index in [0.29, 0.717) is 13.1 Å². The van der Waals surface area contributed by atoms with Crippen LogP contribution in [0.4, 0.5) is 4.79 Å². The fourth-order valence-electron chi connectivity index (χ4n) is 5.94. The lowest BCUT2D eigenvalue weighted by Gasteiger charge is -2.52. The van der Waals surface area contributed by atoms with Gasteiger partial charge in [0, 0.05) is 18.6 Å². The Balaban J connectivity index is 1.63. The van der Waals surface area contributed by atoms with Crippen molar-refractivity contribution in [3.05, 3.63) is 35.9 Å². The molecule has 0 unspecified atom stereocenters. The Bertz CT molecular complexity index is 879. The van der Waals surface area contributed by atoms with Gasteiger partial charge in [0.15, 0.2) is 0 Å². The van der Waals surface area contributed by atoms with E-state index in [2.05, 4.69) is 49.3 Å². The van der Waals surface area contributed by atoms with Crippen molar-refractivity contribution in [1.82, 2.24) is 14.7 Å². The highest BCUT2D eigenvalue weighted by Gasteiger charge is 2.56. The summed E-state index contributed by atoms with van der Waals surface area (Å²) in [6.45, 7) is 0.903. The largest absolute Gasteiger partial charge is 0.368 e. The number of amides is 3. The Labute approximate surface area is 184 Å². The van der Waals surface area contributed by atoms with Crippen molar-refractivity contribution in [2.75, 3.05) is 33.7 Å². The van der Waals surface area contributed by atoms with Gasteiger partial charge >= 0.3 is 6.03 Å². The summed E-state index contributed by atoms with van der Waals surface area (Å²) in [6.07, 6.45) is 6.21. The molecular weight excluding hydrogens is 390 g/mol. The third-order valence-electron chi connectivity index (χ3n) is 8.09. The van der Waals surface area contributed by atoms with Crippen LogP contribution in [0.25, 0.3) is 0 Å². The number of carbonyl (C=O) groups is 2. The molecule has 3 aliphatic rings. The van der Waals surface area contributed by atoms with Crippen molar-refractivity contribution < 1.29 is 9.59 Å². The lowest BCUT2D eigenvalue weighted by molar-refractivity contribution is -0.118. The van der Waals surface area contributed by atoms with E-state index in [-0.39, 0.29) is 23.7 Å². The van der Waals surface area contributed by atoms with Gasteiger partial charge in [0.25, 0.3) is 0 Å². The van der Waals surface area contributed by atoms with Gasteiger partial charge < -0.3 is 15.5 Å². The molecule has 3 fully saturated rings. The zero-order chi connectivity index (χ0) is 22.3. The van der Waals surface area contributed by atoms with Gasteiger partial charge in [-0.25, -0.2) is 4.79 Å². The minimum atomic E-state index is -0.494. The summed E-state index contributed by atoms with van der Waals surface area (Å²) in [5.74, 6) is -0.494. The van der Waals surface area contributed by atoms with Crippen LogP contribution in [-0.2, 0) is 10.3 Å². The molecule has 2 N–H and O–H groups in total. The summed E-state index contributed by atoms with van der Waals surface area (Å²) in [6, 6.07) is 12.9. The van der Waals surface area contributed by atoms with E-state index < -0.39 is 11.3 Å². The van der Waals surface area contributed by atoms with Crippen LogP contribution in [0, 0.1) is 16.7 Å². The Morgan fingerprint density at radius 3 is 2.26 bits per heavy atom. The normalized spacial score (nSPS) is 29.8. The molecule has 7 heteroatoms. The number of hydrogen-bond acceptors (Lipinski definition) is 4. The summed E-state index contributed by atoms with van der Waals surface area (Å²) < 4.78 is 0. The number of primary amides is 1. The first kappa shape index (κ1) is 21.6. The van der Waals surface area contributed by atoms with Crippen LogP contribution in [0.1, 0.15) is 50.5 Å². The monoisotopic (exact) mass is 423 g/mol. The molecule has 1 aliphatic heterocycles. The van der Waals surface area contributed by atoms with Gasteiger partial charge in [0.05, 0.1) is 17.0 Å². The van der Waals surface area contributed by atoms with E-state index in [0.717, 1.165) is 44.9 Å². The number of nitrogens with zero attached hydrogens (tertiary/aromatic N) is 4. The Hall–Kier alpha value is -2.59. The van der Waals surface area contributed by atoms with Gasteiger partial charge in [-0.2, -0.15) is 5.26 Å². The highest BCUT2D eigenvalue weighted by molar-refractivity contribution is 5.85. The summed E-state index contributed by atoms with van der Waals surface area (Å²) in [4.78, 5) is 30.8. The maximum atomic E-state index is 13.3. The standard InChI is InChI=1S/C24H33N5O2/c1-27(2)24(19-7-4-3-5-8-19)13-11-23(12-14-24)18-28(15-20(26)30)21(31)29(23)17-22(16-25)9-6-10-22/h3-5,7-8H,6,9-15,17-18H2,1-2H3,(H2,26,30)/t23-,24+. The van der Waals surface area contributed by atoms with Crippen LogP contribution in [0.15, 0.2) is 30.3 Å². The van der Waals surface area contributed by atoms with Crippen molar-refractivity contribution in [3.8, 4) is 6.07 Å². The maximum absolute atomic E-state index is 13.3. The predicted octanol–water partition coefficient (Wildman–Crippen LogP) is 2.67. The maximum Gasteiger partial charge on any atom is 0.321 e. The molecule has 3 amide bonds. The predicted molar refractivity (Wildman–Crippen MR) is 118 cm³/mol. The first-order valence-electron chi connectivity index (χ1n) is 11.3. The second kappa shape index (κ2) is 7.83. The Morgan fingerprint density at radius 2 is 1.77 bits per heavy atom. The van der Waals surface area contributed by atoms with Crippen molar-refractivity contribution in [3.63, 3.8) is 0 Å².